The Morgan fingerprint density at radius 1 is 0.686 bits per heavy atom. The Morgan fingerprint density at radius 3 is 1.71 bits per heavy atom. The predicted octanol–water partition coefficient (Wildman–Crippen LogP) is 3.09. The Kier molecular flexibility index (Phi) is 15.2. The van der Waals surface area contributed by atoms with E-state index < -0.39 is 17.9 Å². The molecule has 0 fully saturated rings. The summed E-state index contributed by atoms with van der Waals surface area (Å²) in [5.41, 5.74) is 2.02. The van der Waals surface area contributed by atoms with Crippen LogP contribution in [0.1, 0.15) is 36.8 Å². The van der Waals surface area contributed by atoms with Gasteiger partial charge in [0.25, 0.3) is 0 Å². The van der Waals surface area contributed by atoms with Crippen molar-refractivity contribution in [2.24, 2.45) is 0 Å². The zero-order valence-electron chi connectivity index (χ0n) is 19.5. The van der Waals surface area contributed by atoms with Gasteiger partial charge in [0.15, 0.2) is 5.12 Å². The summed E-state index contributed by atoms with van der Waals surface area (Å²) in [7, 11) is 0. The van der Waals surface area contributed by atoms with Crippen molar-refractivity contribution in [3.8, 4) is 0 Å². The van der Waals surface area contributed by atoms with Gasteiger partial charge in [-0.15, -0.1) is 0 Å². The molecule has 0 bridgehead atoms. The second kappa shape index (κ2) is 18.0. The number of ether oxygens (including phenoxy) is 4. The molecule has 0 aliphatic heterocycles. The zero-order chi connectivity index (χ0) is 25.9. The Balaban J connectivity index is 2.16. The Hall–Kier alpha value is -3.40. The van der Waals surface area contributed by atoms with E-state index in [4.69, 9.17) is 14.2 Å². The van der Waals surface area contributed by atoms with Crippen LogP contribution in [0.25, 0.3) is 0 Å². The maximum Gasteiger partial charge on any atom is 0.330 e. The summed E-state index contributed by atoms with van der Waals surface area (Å²) in [6.07, 6.45) is 3.64. The molecule has 0 radical (unpaired) electrons. The summed E-state index contributed by atoms with van der Waals surface area (Å²) in [6, 6.07) is 7.72. The molecular formula is C25H30O9S. The maximum atomic E-state index is 12.0. The number of aryl methyl sites for hydroxylation is 1. The largest absolute Gasteiger partial charge is 0.462 e. The fourth-order valence-electron chi connectivity index (χ4n) is 2.54. The molecule has 1 rings (SSSR count). The number of carbonyl (C=O) groups excluding carboxylic acids is 5. The van der Waals surface area contributed by atoms with Crippen molar-refractivity contribution in [2.45, 2.75) is 37.9 Å². The molecule has 0 aromatic heterocycles. The van der Waals surface area contributed by atoms with Crippen molar-refractivity contribution >= 4 is 40.8 Å². The third-order valence-corrected chi connectivity index (χ3v) is 5.32. The number of hydrogen-bond acceptors (Lipinski definition) is 10. The molecular weight excluding hydrogens is 476 g/mol. The molecule has 0 saturated heterocycles. The van der Waals surface area contributed by atoms with Gasteiger partial charge in [0.2, 0.25) is 0 Å². The fourth-order valence-corrected chi connectivity index (χ4v) is 3.30. The molecule has 0 heterocycles. The third kappa shape index (κ3) is 15.2. The Labute approximate surface area is 208 Å². The fraction of sp³-hybridized carbons (Fsp3) is 0.400. The number of carbonyl (C=O) groups is 5. The van der Waals surface area contributed by atoms with E-state index in [1.807, 2.05) is 24.3 Å². The number of rotatable bonds is 17. The van der Waals surface area contributed by atoms with Crippen LogP contribution < -0.4 is 0 Å². The first-order valence-electron chi connectivity index (χ1n) is 11.0. The van der Waals surface area contributed by atoms with Crippen molar-refractivity contribution in [3.05, 3.63) is 60.7 Å². The molecule has 10 heteroatoms. The topological polar surface area (TPSA) is 122 Å². The average Bonchev–Trinajstić information content (AvgIpc) is 2.87. The minimum atomic E-state index is -0.595. The molecule has 0 amide bonds. The summed E-state index contributed by atoms with van der Waals surface area (Å²) in [4.78, 5) is 57.0. The summed E-state index contributed by atoms with van der Waals surface area (Å²) in [6.45, 7) is 6.40. The van der Waals surface area contributed by atoms with Crippen LogP contribution >= 0.6 is 11.8 Å². The Bertz CT molecular complexity index is 877. The van der Waals surface area contributed by atoms with E-state index >= 15 is 0 Å². The van der Waals surface area contributed by atoms with Crippen LogP contribution in [0.4, 0.5) is 0 Å². The second-order valence-electron chi connectivity index (χ2n) is 7.01. The van der Waals surface area contributed by atoms with Crippen LogP contribution in [-0.4, -0.2) is 55.4 Å². The van der Waals surface area contributed by atoms with E-state index in [-0.39, 0.29) is 56.8 Å². The van der Waals surface area contributed by atoms with E-state index in [1.165, 1.54) is 0 Å². The summed E-state index contributed by atoms with van der Waals surface area (Å²) >= 11 is 1.12. The molecule has 35 heavy (non-hydrogen) atoms. The van der Waals surface area contributed by atoms with Crippen molar-refractivity contribution in [2.75, 3.05) is 26.4 Å². The molecule has 0 saturated carbocycles. The van der Waals surface area contributed by atoms with Crippen LogP contribution in [0, 0.1) is 0 Å². The maximum absolute atomic E-state index is 12.0. The van der Waals surface area contributed by atoms with Crippen molar-refractivity contribution < 1.29 is 42.9 Å². The zero-order valence-corrected chi connectivity index (χ0v) is 20.3. The lowest BCUT2D eigenvalue weighted by atomic mass is 10.1. The molecule has 1 aromatic carbocycles. The quantitative estimate of drug-likeness (QED) is 0.135. The minimum absolute atomic E-state index is 0.00230. The molecule has 1 aromatic rings. The lowest BCUT2D eigenvalue weighted by Gasteiger charge is -2.06. The van der Waals surface area contributed by atoms with Crippen molar-refractivity contribution in [1.29, 1.82) is 0 Å². The Morgan fingerprint density at radius 2 is 1.17 bits per heavy atom. The van der Waals surface area contributed by atoms with Crippen LogP contribution in [0.3, 0.4) is 0 Å². The molecule has 0 aliphatic carbocycles. The van der Waals surface area contributed by atoms with Crippen LogP contribution in [0.2, 0.25) is 0 Å². The van der Waals surface area contributed by atoms with E-state index in [0.717, 1.165) is 35.0 Å². The number of esters is 4. The van der Waals surface area contributed by atoms with Crippen molar-refractivity contribution in [3.63, 3.8) is 0 Å². The van der Waals surface area contributed by atoms with Gasteiger partial charge in [-0.25, -0.2) is 9.59 Å². The van der Waals surface area contributed by atoms with Gasteiger partial charge in [-0.3, -0.25) is 14.4 Å². The lowest BCUT2D eigenvalue weighted by Crippen LogP contribution is -2.13. The molecule has 0 atom stereocenters. The van der Waals surface area contributed by atoms with E-state index in [2.05, 4.69) is 17.9 Å². The normalized spacial score (nSPS) is 10.1. The minimum Gasteiger partial charge on any atom is -0.462 e. The third-order valence-electron chi connectivity index (χ3n) is 4.32. The first-order chi connectivity index (χ1) is 16.8. The highest BCUT2D eigenvalue weighted by atomic mass is 32.2. The van der Waals surface area contributed by atoms with Gasteiger partial charge in [0.1, 0.15) is 26.4 Å². The molecule has 0 aliphatic rings. The molecule has 0 spiro atoms. The number of benzene rings is 1. The second-order valence-corrected chi connectivity index (χ2v) is 8.05. The first kappa shape index (κ1) is 29.6. The SMILES string of the molecule is C=CC(=O)OCCOC(=O)CCCc1ccc(CSC(=O)CCC(=O)OCCOC(=O)C=C)cc1. The van der Waals surface area contributed by atoms with Gasteiger partial charge in [-0.05, 0) is 24.0 Å². The van der Waals surface area contributed by atoms with E-state index in [0.29, 0.717) is 18.6 Å². The summed E-state index contributed by atoms with van der Waals surface area (Å²) in [5, 5.41) is -0.123. The van der Waals surface area contributed by atoms with E-state index in [1.54, 1.807) is 0 Å². The summed E-state index contributed by atoms with van der Waals surface area (Å²) < 4.78 is 19.3. The summed E-state index contributed by atoms with van der Waals surface area (Å²) in [5.74, 6) is -1.56. The molecule has 0 unspecified atom stereocenters. The van der Waals surface area contributed by atoms with Gasteiger partial charge < -0.3 is 18.9 Å². The molecule has 0 N–H and O–H groups in total. The highest BCUT2D eigenvalue weighted by Crippen LogP contribution is 2.17. The van der Waals surface area contributed by atoms with E-state index in [9.17, 15) is 24.0 Å². The first-order valence-corrected chi connectivity index (χ1v) is 12.0. The van der Waals surface area contributed by atoms with Crippen LogP contribution in [-0.2, 0) is 55.1 Å². The molecule has 190 valence electrons. The smallest absolute Gasteiger partial charge is 0.330 e. The highest BCUT2D eigenvalue weighted by Gasteiger charge is 2.10. The van der Waals surface area contributed by atoms with Gasteiger partial charge >= 0.3 is 23.9 Å². The van der Waals surface area contributed by atoms with Gasteiger partial charge in [0, 0.05) is 30.7 Å². The highest BCUT2D eigenvalue weighted by molar-refractivity contribution is 8.12. The predicted molar refractivity (Wildman–Crippen MR) is 129 cm³/mol. The van der Waals surface area contributed by atoms with Gasteiger partial charge in [0.05, 0.1) is 6.42 Å². The van der Waals surface area contributed by atoms with Crippen LogP contribution in [0.15, 0.2) is 49.6 Å². The lowest BCUT2D eigenvalue weighted by molar-refractivity contribution is -0.150. The monoisotopic (exact) mass is 506 g/mol. The standard InChI is InChI=1S/C25H30O9S/c1-3-21(26)31-14-16-33-23(28)7-5-6-19-8-10-20(11-9-19)18-35-25(30)13-12-24(29)34-17-15-32-22(27)4-2/h3-4,8-11H,1-2,5-7,12-18H2. The van der Waals surface area contributed by atoms with Crippen LogP contribution in [0.5, 0.6) is 0 Å². The molecule has 9 nitrogen and oxygen atoms in total. The van der Waals surface area contributed by atoms with Gasteiger partial charge in [-0.1, -0.05) is 49.2 Å². The van der Waals surface area contributed by atoms with Gasteiger partial charge in [-0.2, -0.15) is 0 Å². The number of thioether (sulfide) groups is 1. The van der Waals surface area contributed by atoms with Crippen molar-refractivity contribution in [1.82, 2.24) is 0 Å². The number of hydrogen-bond donors (Lipinski definition) is 0. The average molecular weight is 507 g/mol.